The number of imidazole rings is 1. The van der Waals surface area contributed by atoms with Gasteiger partial charge in [0.25, 0.3) is 5.82 Å². The fourth-order valence-electron chi connectivity index (χ4n) is 2.44. The van der Waals surface area contributed by atoms with Crippen LogP contribution in [0.25, 0.3) is 0 Å². The van der Waals surface area contributed by atoms with Gasteiger partial charge in [0.1, 0.15) is 18.9 Å². The lowest BCUT2D eigenvalue weighted by Crippen LogP contribution is -2.37. The molecule has 1 heterocycles. The van der Waals surface area contributed by atoms with Gasteiger partial charge in [-0.1, -0.05) is 26.0 Å². The highest BCUT2D eigenvalue weighted by atomic mass is 16.4. The molecule has 0 aliphatic heterocycles. The van der Waals surface area contributed by atoms with Gasteiger partial charge in [0.05, 0.1) is 12.1 Å². The van der Waals surface area contributed by atoms with E-state index in [0.29, 0.717) is 5.56 Å². The zero-order chi connectivity index (χ0) is 14.5. The third-order valence-corrected chi connectivity index (χ3v) is 3.42. The van der Waals surface area contributed by atoms with Crippen LogP contribution < -0.4 is 4.57 Å². The first-order valence-electron chi connectivity index (χ1n) is 7.05. The van der Waals surface area contributed by atoms with Gasteiger partial charge in [0, 0.05) is 6.42 Å². The Morgan fingerprint density at radius 3 is 2.50 bits per heavy atom. The largest absolute Gasteiger partial charge is 0.478 e. The van der Waals surface area contributed by atoms with Crippen LogP contribution in [-0.4, -0.2) is 15.6 Å². The molecule has 0 atom stereocenters. The average Bonchev–Trinajstić information content (AvgIpc) is 2.82. The molecule has 0 spiro atoms. The van der Waals surface area contributed by atoms with Gasteiger partial charge in [0.2, 0.25) is 0 Å². The first-order chi connectivity index (χ1) is 9.65. The third kappa shape index (κ3) is 3.07. The summed E-state index contributed by atoms with van der Waals surface area (Å²) in [7, 11) is 0. The summed E-state index contributed by atoms with van der Waals surface area (Å²) in [6, 6.07) is 7.08. The van der Waals surface area contributed by atoms with E-state index in [1.54, 1.807) is 12.1 Å². The van der Waals surface area contributed by atoms with E-state index in [0.717, 1.165) is 31.5 Å². The van der Waals surface area contributed by atoms with E-state index in [4.69, 9.17) is 5.11 Å². The van der Waals surface area contributed by atoms with Crippen molar-refractivity contribution in [3.63, 3.8) is 0 Å². The normalized spacial score (nSPS) is 10.7. The van der Waals surface area contributed by atoms with Gasteiger partial charge in [-0.15, -0.1) is 0 Å². The minimum atomic E-state index is -0.882. The average molecular weight is 273 g/mol. The molecular weight excluding hydrogens is 252 g/mol. The molecule has 1 aromatic heterocycles. The quantitative estimate of drug-likeness (QED) is 0.822. The van der Waals surface area contributed by atoms with Gasteiger partial charge in [-0.3, -0.25) is 0 Å². The molecule has 20 heavy (non-hydrogen) atoms. The molecule has 2 rings (SSSR count). The van der Waals surface area contributed by atoms with E-state index in [9.17, 15) is 4.79 Å². The van der Waals surface area contributed by atoms with Crippen molar-refractivity contribution in [2.45, 2.75) is 39.8 Å². The van der Waals surface area contributed by atoms with Gasteiger partial charge in [-0.2, -0.15) is 0 Å². The van der Waals surface area contributed by atoms with E-state index in [1.807, 2.05) is 12.1 Å². The molecule has 0 fully saturated rings. The monoisotopic (exact) mass is 273 g/mol. The fourth-order valence-corrected chi connectivity index (χ4v) is 2.44. The number of nitrogens with zero attached hydrogens (tertiary/aromatic N) is 2. The van der Waals surface area contributed by atoms with E-state index in [-0.39, 0.29) is 0 Å². The zero-order valence-electron chi connectivity index (χ0n) is 12.0. The lowest BCUT2D eigenvalue weighted by atomic mass is 10.1. The number of hydrogen-bond acceptors (Lipinski definition) is 1. The van der Waals surface area contributed by atoms with Gasteiger partial charge < -0.3 is 5.11 Å². The Morgan fingerprint density at radius 1 is 1.25 bits per heavy atom. The molecule has 2 aromatic rings. The number of carboxylic acid groups (broad SMARTS) is 1. The van der Waals surface area contributed by atoms with E-state index >= 15 is 0 Å². The van der Waals surface area contributed by atoms with Gasteiger partial charge in [-0.25, -0.2) is 13.9 Å². The van der Waals surface area contributed by atoms with Crippen LogP contribution in [0, 0.1) is 0 Å². The predicted molar refractivity (Wildman–Crippen MR) is 76.8 cm³/mol. The maximum atomic E-state index is 10.8. The fraction of sp³-hybridized carbons (Fsp3) is 0.375. The van der Waals surface area contributed by atoms with Crippen molar-refractivity contribution in [3.8, 4) is 0 Å². The summed E-state index contributed by atoms with van der Waals surface area (Å²) in [4.78, 5) is 10.8. The molecule has 1 N–H and O–H groups in total. The molecular formula is C16H21N2O2+. The smallest absolute Gasteiger partial charge is 0.335 e. The molecule has 4 heteroatoms. The number of aryl methyl sites for hydroxylation is 1. The lowest BCUT2D eigenvalue weighted by Gasteiger charge is -2.03. The Kier molecular flexibility index (Phi) is 4.56. The summed E-state index contributed by atoms with van der Waals surface area (Å²) in [6.45, 7) is 6.15. The van der Waals surface area contributed by atoms with Gasteiger partial charge >= 0.3 is 5.97 Å². The maximum absolute atomic E-state index is 10.8. The van der Waals surface area contributed by atoms with Crippen LogP contribution in [0.5, 0.6) is 0 Å². The molecule has 0 radical (unpaired) electrons. The van der Waals surface area contributed by atoms with Gasteiger partial charge in [-0.05, 0) is 24.1 Å². The first kappa shape index (κ1) is 14.3. The van der Waals surface area contributed by atoms with Gasteiger partial charge in [0.15, 0.2) is 0 Å². The second-order valence-electron chi connectivity index (χ2n) is 4.89. The van der Waals surface area contributed by atoms with Crippen LogP contribution in [0.3, 0.4) is 0 Å². The highest BCUT2D eigenvalue weighted by molar-refractivity contribution is 5.87. The zero-order valence-corrected chi connectivity index (χ0v) is 12.0. The topological polar surface area (TPSA) is 46.1 Å². The van der Waals surface area contributed by atoms with E-state index < -0.39 is 5.97 Å². The second-order valence-corrected chi connectivity index (χ2v) is 4.89. The van der Waals surface area contributed by atoms with Crippen LogP contribution in [0.1, 0.15) is 42.0 Å². The molecule has 0 saturated heterocycles. The molecule has 0 bridgehead atoms. The lowest BCUT2D eigenvalue weighted by molar-refractivity contribution is -0.695. The summed E-state index contributed by atoms with van der Waals surface area (Å²) in [5.74, 6) is 0.418. The highest BCUT2D eigenvalue weighted by Gasteiger charge is 2.14. The van der Waals surface area contributed by atoms with Crippen LogP contribution in [0.2, 0.25) is 0 Å². The second kappa shape index (κ2) is 6.37. The minimum absolute atomic E-state index is 0.331. The molecule has 0 aliphatic rings. The Morgan fingerprint density at radius 2 is 1.95 bits per heavy atom. The van der Waals surface area contributed by atoms with Crippen molar-refractivity contribution in [3.05, 3.63) is 53.6 Å². The number of aromatic carboxylic acids is 1. The van der Waals surface area contributed by atoms with Crippen LogP contribution in [0.4, 0.5) is 0 Å². The van der Waals surface area contributed by atoms with Crippen molar-refractivity contribution in [1.29, 1.82) is 0 Å². The number of hydrogen-bond donors (Lipinski definition) is 1. The Hall–Kier alpha value is -2.10. The van der Waals surface area contributed by atoms with Crippen molar-refractivity contribution in [2.75, 3.05) is 0 Å². The molecule has 106 valence electrons. The van der Waals surface area contributed by atoms with Crippen molar-refractivity contribution >= 4 is 5.97 Å². The highest BCUT2D eigenvalue weighted by Crippen LogP contribution is 2.06. The Labute approximate surface area is 119 Å². The number of carbonyl (C=O) groups is 1. The van der Waals surface area contributed by atoms with E-state index in [1.165, 1.54) is 5.82 Å². The minimum Gasteiger partial charge on any atom is -0.478 e. The van der Waals surface area contributed by atoms with Crippen molar-refractivity contribution in [2.24, 2.45) is 0 Å². The summed E-state index contributed by atoms with van der Waals surface area (Å²) in [5.41, 5.74) is 1.45. The SMILES string of the molecule is CCCn1cc[n+](Cc2ccc(C(=O)O)cc2)c1CC. The number of aromatic nitrogens is 2. The first-order valence-corrected chi connectivity index (χ1v) is 7.05. The summed E-state index contributed by atoms with van der Waals surface area (Å²) < 4.78 is 4.51. The maximum Gasteiger partial charge on any atom is 0.335 e. The molecule has 4 nitrogen and oxygen atoms in total. The van der Waals surface area contributed by atoms with Crippen LogP contribution >= 0.6 is 0 Å². The van der Waals surface area contributed by atoms with E-state index in [2.05, 4.69) is 35.4 Å². The van der Waals surface area contributed by atoms with Crippen molar-refractivity contribution < 1.29 is 14.5 Å². The molecule has 1 aromatic carbocycles. The standard InChI is InChI=1S/C16H20N2O2/c1-3-9-17-10-11-18(15(17)4-2)12-13-5-7-14(8-6-13)16(19)20/h5-8,10-11H,3-4,9,12H2,1-2H3/p+1. The molecule has 0 unspecified atom stereocenters. The predicted octanol–water partition coefficient (Wildman–Crippen LogP) is 2.49. The van der Waals surface area contributed by atoms with Crippen LogP contribution in [0.15, 0.2) is 36.7 Å². The Balaban J connectivity index is 2.19. The molecule has 0 saturated carbocycles. The van der Waals surface area contributed by atoms with Crippen molar-refractivity contribution in [1.82, 2.24) is 4.57 Å². The third-order valence-electron chi connectivity index (χ3n) is 3.42. The molecule has 0 aliphatic carbocycles. The summed E-state index contributed by atoms with van der Waals surface area (Å²) >= 11 is 0. The summed E-state index contributed by atoms with van der Waals surface area (Å²) in [6.07, 6.45) is 6.32. The molecule has 0 amide bonds. The Bertz CT molecular complexity index is 585. The van der Waals surface area contributed by atoms with Crippen LogP contribution in [-0.2, 0) is 19.5 Å². The summed E-state index contributed by atoms with van der Waals surface area (Å²) in [5, 5.41) is 8.90. The number of benzene rings is 1. The number of carboxylic acids is 1. The number of rotatable bonds is 6.